The zero-order chi connectivity index (χ0) is 15.7. The number of hydrogen-bond donors (Lipinski definition) is 2. The molecule has 1 saturated heterocycles. The molecule has 1 aliphatic rings. The Balaban J connectivity index is 2.27. The first kappa shape index (κ1) is 15.8. The van der Waals surface area contributed by atoms with Crippen molar-refractivity contribution < 1.29 is 18.0 Å². The van der Waals surface area contributed by atoms with Gasteiger partial charge in [0.25, 0.3) is 0 Å². The Hall–Kier alpha value is -1.59. The highest BCUT2D eigenvalue weighted by Crippen LogP contribution is 2.44. The normalized spacial score (nSPS) is 21.9. The molecule has 1 atom stereocenters. The van der Waals surface area contributed by atoms with Gasteiger partial charge < -0.3 is 10.6 Å². The smallest absolute Gasteiger partial charge is 0.324 e. The van der Waals surface area contributed by atoms with Gasteiger partial charge in [-0.1, -0.05) is 0 Å². The van der Waals surface area contributed by atoms with Crippen LogP contribution in [0.2, 0.25) is 0 Å². The van der Waals surface area contributed by atoms with Gasteiger partial charge in [-0.25, -0.2) is 0 Å². The third-order valence-electron chi connectivity index (χ3n) is 3.48. The standard InChI is InChI=1S/C13H11BrF3N3O/c14-9-5-8(6-18)1-2-10(9)20-11(21)12(13(15,16)17)3-4-19-7-12/h1-2,5,19H,3-4,7H2,(H,20,21). The second-order valence-electron chi connectivity index (χ2n) is 4.77. The summed E-state index contributed by atoms with van der Waals surface area (Å²) in [5.74, 6) is -1.09. The monoisotopic (exact) mass is 361 g/mol. The number of amides is 1. The lowest BCUT2D eigenvalue weighted by Crippen LogP contribution is -2.49. The van der Waals surface area contributed by atoms with E-state index >= 15 is 0 Å². The first-order valence-corrected chi connectivity index (χ1v) is 6.88. The molecule has 2 rings (SSSR count). The molecule has 0 bridgehead atoms. The molecule has 0 spiro atoms. The predicted molar refractivity (Wildman–Crippen MR) is 73.5 cm³/mol. The van der Waals surface area contributed by atoms with Gasteiger partial charge in [-0.15, -0.1) is 0 Å². The number of halogens is 4. The van der Waals surface area contributed by atoms with Crippen LogP contribution >= 0.6 is 15.9 Å². The molecular formula is C13H11BrF3N3O. The van der Waals surface area contributed by atoms with Crippen LogP contribution < -0.4 is 10.6 Å². The number of anilines is 1. The Morgan fingerprint density at radius 3 is 2.67 bits per heavy atom. The number of nitrogens with zero attached hydrogens (tertiary/aromatic N) is 1. The molecule has 1 aromatic carbocycles. The third kappa shape index (κ3) is 2.89. The minimum absolute atomic E-state index is 0.140. The predicted octanol–water partition coefficient (Wildman–Crippen LogP) is 2.80. The van der Waals surface area contributed by atoms with Crippen molar-refractivity contribution >= 4 is 27.5 Å². The van der Waals surface area contributed by atoms with E-state index in [1.807, 2.05) is 6.07 Å². The maximum Gasteiger partial charge on any atom is 0.404 e. The molecule has 8 heteroatoms. The van der Waals surface area contributed by atoms with Crippen molar-refractivity contribution in [2.75, 3.05) is 18.4 Å². The van der Waals surface area contributed by atoms with E-state index in [1.165, 1.54) is 18.2 Å². The van der Waals surface area contributed by atoms with E-state index in [-0.39, 0.29) is 18.7 Å². The minimum atomic E-state index is -4.63. The first-order chi connectivity index (χ1) is 9.80. The number of hydrogen-bond acceptors (Lipinski definition) is 3. The molecule has 112 valence electrons. The summed E-state index contributed by atoms with van der Waals surface area (Å²) < 4.78 is 40.1. The van der Waals surface area contributed by atoms with E-state index in [4.69, 9.17) is 5.26 Å². The van der Waals surface area contributed by atoms with E-state index in [0.29, 0.717) is 10.0 Å². The lowest BCUT2D eigenvalue weighted by Gasteiger charge is -2.29. The molecule has 2 N–H and O–H groups in total. The number of alkyl halides is 3. The van der Waals surface area contributed by atoms with Crippen LogP contribution in [0, 0.1) is 16.7 Å². The molecule has 1 unspecified atom stereocenters. The lowest BCUT2D eigenvalue weighted by atomic mass is 9.85. The highest BCUT2D eigenvalue weighted by Gasteiger charge is 2.61. The van der Waals surface area contributed by atoms with E-state index in [1.54, 1.807) is 0 Å². The van der Waals surface area contributed by atoms with Gasteiger partial charge in [-0.2, -0.15) is 18.4 Å². The summed E-state index contributed by atoms with van der Waals surface area (Å²) >= 11 is 3.13. The van der Waals surface area contributed by atoms with Crippen molar-refractivity contribution in [1.29, 1.82) is 5.26 Å². The average molecular weight is 362 g/mol. The Morgan fingerprint density at radius 2 is 2.19 bits per heavy atom. The summed E-state index contributed by atoms with van der Waals surface area (Å²) in [7, 11) is 0. The van der Waals surface area contributed by atoms with Gasteiger partial charge in [0.05, 0.1) is 17.3 Å². The van der Waals surface area contributed by atoms with Crippen LogP contribution in [0.15, 0.2) is 22.7 Å². The van der Waals surface area contributed by atoms with Crippen molar-refractivity contribution in [2.24, 2.45) is 5.41 Å². The number of rotatable bonds is 2. The minimum Gasteiger partial charge on any atom is -0.324 e. The molecule has 1 aromatic rings. The summed E-state index contributed by atoms with van der Waals surface area (Å²) in [5.41, 5.74) is -1.87. The fourth-order valence-electron chi connectivity index (χ4n) is 2.18. The first-order valence-electron chi connectivity index (χ1n) is 6.09. The fraction of sp³-hybridized carbons (Fsp3) is 0.385. The van der Waals surface area contributed by atoms with Crippen molar-refractivity contribution in [3.8, 4) is 6.07 Å². The summed E-state index contributed by atoms with van der Waals surface area (Å²) in [6.45, 7) is -0.294. The van der Waals surface area contributed by atoms with Gasteiger partial charge in [0.1, 0.15) is 0 Å². The Bertz CT molecular complexity index is 604. The number of carbonyl (C=O) groups is 1. The van der Waals surface area contributed by atoms with Crippen LogP contribution in [-0.4, -0.2) is 25.2 Å². The highest BCUT2D eigenvalue weighted by molar-refractivity contribution is 9.10. The van der Waals surface area contributed by atoms with Crippen LogP contribution in [0.1, 0.15) is 12.0 Å². The van der Waals surface area contributed by atoms with Crippen molar-refractivity contribution in [2.45, 2.75) is 12.6 Å². The number of carbonyl (C=O) groups excluding carboxylic acids is 1. The number of nitriles is 1. The Morgan fingerprint density at radius 1 is 1.48 bits per heavy atom. The van der Waals surface area contributed by atoms with E-state index in [9.17, 15) is 18.0 Å². The van der Waals surface area contributed by atoms with Crippen LogP contribution in [0.3, 0.4) is 0 Å². The third-order valence-corrected chi connectivity index (χ3v) is 4.14. The Labute approximate surface area is 127 Å². The molecule has 0 radical (unpaired) electrons. The molecular weight excluding hydrogens is 351 g/mol. The average Bonchev–Trinajstić information content (AvgIpc) is 2.91. The van der Waals surface area contributed by atoms with Gasteiger partial charge in [0.2, 0.25) is 5.91 Å². The molecule has 0 aliphatic carbocycles. The second-order valence-corrected chi connectivity index (χ2v) is 5.62. The summed E-state index contributed by atoms with van der Waals surface area (Å²) in [5, 5.41) is 13.6. The van der Waals surface area contributed by atoms with Gasteiger partial charge in [0.15, 0.2) is 5.41 Å². The van der Waals surface area contributed by atoms with Gasteiger partial charge in [0, 0.05) is 11.0 Å². The quantitative estimate of drug-likeness (QED) is 0.851. The zero-order valence-corrected chi connectivity index (χ0v) is 12.3. The molecule has 1 heterocycles. The molecule has 4 nitrogen and oxygen atoms in total. The van der Waals surface area contributed by atoms with Crippen LogP contribution in [0.25, 0.3) is 0 Å². The van der Waals surface area contributed by atoms with Crippen molar-refractivity contribution in [3.05, 3.63) is 28.2 Å². The summed E-state index contributed by atoms with van der Waals surface area (Å²) in [4.78, 5) is 12.1. The maximum absolute atomic E-state index is 13.2. The van der Waals surface area contributed by atoms with Gasteiger partial charge in [-0.05, 0) is 47.1 Å². The molecule has 1 aliphatic heterocycles. The maximum atomic E-state index is 13.2. The van der Waals surface area contributed by atoms with Crippen LogP contribution in [0.5, 0.6) is 0 Å². The molecule has 1 amide bonds. The van der Waals surface area contributed by atoms with Crippen LogP contribution in [-0.2, 0) is 4.79 Å². The van der Waals surface area contributed by atoms with Crippen molar-refractivity contribution in [1.82, 2.24) is 5.32 Å². The molecule has 21 heavy (non-hydrogen) atoms. The summed E-state index contributed by atoms with van der Waals surface area (Å²) in [6, 6.07) is 6.16. The Kier molecular flexibility index (Phi) is 4.25. The molecule has 1 fully saturated rings. The highest BCUT2D eigenvalue weighted by atomic mass is 79.9. The number of nitrogens with one attached hydrogen (secondary N) is 2. The van der Waals surface area contributed by atoms with Crippen LogP contribution in [0.4, 0.5) is 18.9 Å². The zero-order valence-electron chi connectivity index (χ0n) is 10.7. The second kappa shape index (κ2) is 5.66. The number of benzene rings is 1. The largest absolute Gasteiger partial charge is 0.404 e. The van der Waals surface area contributed by atoms with E-state index in [2.05, 4.69) is 26.6 Å². The van der Waals surface area contributed by atoms with E-state index in [0.717, 1.165) is 0 Å². The summed E-state index contributed by atoms with van der Waals surface area (Å²) in [6.07, 6.45) is -4.92. The fourth-order valence-corrected chi connectivity index (χ4v) is 2.66. The molecule has 0 saturated carbocycles. The van der Waals surface area contributed by atoms with E-state index < -0.39 is 24.0 Å². The lowest BCUT2D eigenvalue weighted by molar-refractivity contribution is -0.213. The van der Waals surface area contributed by atoms with Gasteiger partial charge in [-0.3, -0.25) is 4.79 Å². The van der Waals surface area contributed by atoms with Crippen molar-refractivity contribution in [3.63, 3.8) is 0 Å². The SMILES string of the molecule is N#Cc1ccc(NC(=O)C2(C(F)(F)F)CCNC2)c(Br)c1. The molecule has 0 aromatic heterocycles. The van der Waals surface area contributed by atoms with Gasteiger partial charge >= 0.3 is 6.18 Å². The topological polar surface area (TPSA) is 64.9 Å².